The zero-order valence-corrected chi connectivity index (χ0v) is 6.47. The highest BCUT2D eigenvalue weighted by Crippen LogP contribution is 2.33. The number of halogens is 1. The number of carbonyl (C=O) groups is 1. The van der Waals surface area contributed by atoms with Gasteiger partial charge in [0.15, 0.2) is 0 Å². The van der Waals surface area contributed by atoms with Gasteiger partial charge in [-0.25, -0.2) is 4.42 Å². The molecule has 2 atom stereocenters. The Balaban J connectivity index is 2.16. The topological polar surface area (TPSA) is 20.3 Å². The Labute approximate surface area is 65.3 Å². The highest BCUT2D eigenvalue weighted by atomic mass is 35.5. The highest BCUT2D eigenvalue weighted by molar-refractivity contribution is 6.14. The standard InChI is InChI=1S/C7H10ClNO/c8-9-4-5-1-2-6(9)3-7(5)10/h5-6H,1-4H2. The number of hydrogen-bond donors (Lipinski definition) is 0. The van der Waals surface area contributed by atoms with Gasteiger partial charge in [0, 0.05) is 24.9 Å². The van der Waals surface area contributed by atoms with Crippen molar-refractivity contribution in [3.05, 3.63) is 0 Å². The smallest absolute Gasteiger partial charge is 0.138 e. The molecule has 0 aromatic carbocycles. The lowest BCUT2D eigenvalue weighted by Crippen LogP contribution is -2.47. The van der Waals surface area contributed by atoms with Crippen LogP contribution in [0.2, 0.25) is 0 Å². The maximum atomic E-state index is 11.1. The van der Waals surface area contributed by atoms with E-state index in [0.717, 1.165) is 19.4 Å². The molecule has 0 N–H and O–H groups in total. The largest absolute Gasteiger partial charge is 0.299 e. The Morgan fingerprint density at radius 1 is 1.50 bits per heavy atom. The number of fused-ring (bicyclic) bond motifs is 3. The fraction of sp³-hybridized carbons (Fsp3) is 0.857. The first kappa shape index (κ1) is 6.62. The van der Waals surface area contributed by atoms with Gasteiger partial charge in [-0.2, -0.15) is 0 Å². The van der Waals surface area contributed by atoms with Crippen molar-refractivity contribution < 1.29 is 4.79 Å². The van der Waals surface area contributed by atoms with E-state index in [2.05, 4.69) is 0 Å². The third kappa shape index (κ3) is 0.867. The average Bonchev–Trinajstić information content (AvgIpc) is 1.91. The minimum absolute atomic E-state index is 0.252. The van der Waals surface area contributed by atoms with E-state index in [1.54, 1.807) is 4.42 Å². The van der Waals surface area contributed by atoms with Crippen molar-refractivity contribution in [1.29, 1.82) is 0 Å². The van der Waals surface area contributed by atoms with Crippen LogP contribution in [-0.4, -0.2) is 22.8 Å². The van der Waals surface area contributed by atoms with Crippen LogP contribution in [0.1, 0.15) is 19.3 Å². The van der Waals surface area contributed by atoms with Crippen molar-refractivity contribution in [2.24, 2.45) is 5.92 Å². The van der Waals surface area contributed by atoms with Gasteiger partial charge >= 0.3 is 0 Å². The maximum absolute atomic E-state index is 11.1. The van der Waals surface area contributed by atoms with E-state index >= 15 is 0 Å². The first-order chi connectivity index (χ1) is 4.77. The highest BCUT2D eigenvalue weighted by Gasteiger charge is 2.38. The molecule has 0 aromatic heterocycles. The van der Waals surface area contributed by atoms with Gasteiger partial charge in [-0.05, 0) is 24.6 Å². The second-order valence-corrected chi connectivity index (χ2v) is 3.62. The van der Waals surface area contributed by atoms with Crippen molar-refractivity contribution in [2.75, 3.05) is 6.54 Å². The number of piperidine rings is 2. The molecule has 0 spiro atoms. The van der Waals surface area contributed by atoms with Crippen LogP contribution in [0.25, 0.3) is 0 Å². The summed E-state index contributed by atoms with van der Waals surface area (Å²) in [5.41, 5.74) is 0. The lowest BCUT2D eigenvalue weighted by atomic mass is 9.80. The number of hydrogen-bond acceptors (Lipinski definition) is 2. The molecule has 3 heteroatoms. The zero-order chi connectivity index (χ0) is 7.14. The predicted octanol–water partition coefficient (Wildman–Crippen LogP) is 1.19. The number of carbonyl (C=O) groups excluding carboxylic acids is 1. The van der Waals surface area contributed by atoms with Crippen LogP contribution in [0.15, 0.2) is 0 Å². The van der Waals surface area contributed by atoms with Crippen LogP contribution in [0.3, 0.4) is 0 Å². The summed E-state index contributed by atoms with van der Waals surface area (Å²) < 4.78 is 1.80. The Morgan fingerprint density at radius 3 is 2.60 bits per heavy atom. The molecule has 3 aliphatic rings. The fourth-order valence-electron chi connectivity index (χ4n) is 1.85. The van der Waals surface area contributed by atoms with Crippen LogP contribution in [0.5, 0.6) is 0 Å². The SMILES string of the molecule is O=C1CC2CCC1CN2Cl. The minimum Gasteiger partial charge on any atom is -0.299 e. The van der Waals surface area contributed by atoms with Gasteiger partial charge in [0.1, 0.15) is 5.78 Å². The normalized spacial score (nSPS) is 40.7. The van der Waals surface area contributed by atoms with Gasteiger partial charge in [0.25, 0.3) is 0 Å². The molecule has 2 nitrogen and oxygen atoms in total. The second kappa shape index (κ2) is 2.21. The van der Waals surface area contributed by atoms with E-state index < -0.39 is 0 Å². The van der Waals surface area contributed by atoms with E-state index in [1.165, 1.54) is 0 Å². The fourth-order valence-corrected chi connectivity index (χ4v) is 2.18. The lowest BCUT2D eigenvalue weighted by molar-refractivity contribution is -0.129. The van der Waals surface area contributed by atoms with Crippen molar-refractivity contribution in [3.63, 3.8) is 0 Å². The van der Waals surface area contributed by atoms with Gasteiger partial charge in [0.05, 0.1) is 0 Å². The van der Waals surface area contributed by atoms with Crippen LogP contribution in [-0.2, 0) is 4.79 Å². The molecule has 56 valence electrons. The molecule has 2 bridgehead atoms. The predicted molar refractivity (Wildman–Crippen MR) is 38.7 cm³/mol. The van der Waals surface area contributed by atoms with Crippen LogP contribution in [0, 0.1) is 5.92 Å². The average molecular weight is 160 g/mol. The molecule has 2 heterocycles. The summed E-state index contributed by atoms with van der Waals surface area (Å²) in [5, 5.41) is 0. The number of nitrogens with zero attached hydrogens (tertiary/aromatic N) is 1. The monoisotopic (exact) mass is 159 g/mol. The molecule has 2 unspecified atom stereocenters. The Morgan fingerprint density at radius 2 is 2.30 bits per heavy atom. The van der Waals surface area contributed by atoms with Crippen LogP contribution >= 0.6 is 11.8 Å². The van der Waals surface area contributed by atoms with Gasteiger partial charge in [-0.15, -0.1) is 0 Å². The van der Waals surface area contributed by atoms with Crippen LogP contribution < -0.4 is 0 Å². The van der Waals surface area contributed by atoms with Gasteiger partial charge < -0.3 is 0 Å². The molecule has 2 aliphatic heterocycles. The van der Waals surface area contributed by atoms with E-state index in [-0.39, 0.29) is 5.92 Å². The second-order valence-electron chi connectivity index (χ2n) is 3.18. The molecular weight excluding hydrogens is 150 g/mol. The molecule has 0 aromatic rings. The molecule has 1 aliphatic carbocycles. The molecular formula is C7H10ClNO. The van der Waals surface area contributed by atoms with E-state index in [1.807, 2.05) is 0 Å². The van der Waals surface area contributed by atoms with Crippen molar-refractivity contribution in [2.45, 2.75) is 25.3 Å². The Hall–Kier alpha value is -0.0800. The summed E-state index contributed by atoms with van der Waals surface area (Å²) in [4.78, 5) is 11.1. The third-order valence-electron chi connectivity index (χ3n) is 2.53. The summed E-state index contributed by atoms with van der Waals surface area (Å²) in [6.45, 7) is 0.783. The maximum Gasteiger partial charge on any atom is 0.138 e. The molecule has 1 saturated carbocycles. The van der Waals surface area contributed by atoms with Gasteiger partial charge in [-0.3, -0.25) is 4.79 Å². The summed E-state index contributed by atoms with van der Waals surface area (Å²) in [6.07, 6.45) is 2.86. The zero-order valence-electron chi connectivity index (χ0n) is 5.72. The van der Waals surface area contributed by atoms with E-state index in [9.17, 15) is 4.79 Å². The summed E-state index contributed by atoms with van der Waals surface area (Å²) in [6, 6.07) is 0.346. The number of ketones is 1. The molecule has 2 saturated heterocycles. The van der Waals surface area contributed by atoms with Crippen molar-refractivity contribution in [3.8, 4) is 0 Å². The summed E-state index contributed by atoms with van der Waals surface area (Å²) in [7, 11) is 0. The van der Waals surface area contributed by atoms with E-state index in [0.29, 0.717) is 18.2 Å². The lowest BCUT2D eigenvalue weighted by Gasteiger charge is -2.39. The summed E-state index contributed by atoms with van der Waals surface area (Å²) >= 11 is 5.86. The van der Waals surface area contributed by atoms with Crippen molar-refractivity contribution >= 4 is 17.6 Å². The first-order valence-corrected chi connectivity index (χ1v) is 4.06. The van der Waals surface area contributed by atoms with Crippen LogP contribution in [0.4, 0.5) is 0 Å². The Kier molecular flexibility index (Phi) is 1.46. The Bertz CT molecular complexity index is 171. The van der Waals surface area contributed by atoms with E-state index in [4.69, 9.17) is 11.8 Å². The minimum atomic E-state index is 0.252. The van der Waals surface area contributed by atoms with Crippen molar-refractivity contribution in [1.82, 2.24) is 4.42 Å². The molecule has 3 rings (SSSR count). The van der Waals surface area contributed by atoms with Gasteiger partial charge in [0.2, 0.25) is 0 Å². The molecule has 0 radical (unpaired) electrons. The third-order valence-corrected chi connectivity index (χ3v) is 2.95. The first-order valence-electron chi connectivity index (χ1n) is 3.72. The molecule has 0 amide bonds. The van der Waals surface area contributed by atoms with Gasteiger partial charge in [-0.1, -0.05) is 0 Å². The molecule has 3 fully saturated rings. The quantitative estimate of drug-likeness (QED) is 0.495. The molecule has 10 heavy (non-hydrogen) atoms. The number of Topliss-reactive ketones (excluding diaryl/α,β-unsaturated/α-hetero) is 1. The summed E-state index contributed by atoms with van der Waals surface area (Å²) in [5.74, 6) is 0.677. The number of rotatable bonds is 0.